The molecule has 0 amide bonds. The second-order valence-electron chi connectivity index (χ2n) is 4.25. The molecule has 1 N–H and O–H groups in total. The Labute approximate surface area is 127 Å². The molecule has 0 radical (unpaired) electrons. The largest absolute Gasteiger partial charge is 0.462 e. The van der Waals surface area contributed by atoms with Crippen LogP contribution in [0.25, 0.3) is 0 Å². The number of rotatable bonds is 5. The van der Waals surface area contributed by atoms with Crippen molar-refractivity contribution in [1.29, 1.82) is 0 Å². The van der Waals surface area contributed by atoms with Gasteiger partial charge in [0.15, 0.2) is 0 Å². The molecule has 2 aromatic carbocycles. The van der Waals surface area contributed by atoms with E-state index in [1.807, 2.05) is 24.3 Å². The van der Waals surface area contributed by atoms with Gasteiger partial charge >= 0.3 is 5.97 Å². The average Bonchev–Trinajstić information content (AvgIpc) is 2.47. The Morgan fingerprint density at radius 2 is 1.95 bits per heavy atom. The lowest BCUT2D eigenvalue weighted by atomic mass is 10.2. The molecule has 2 rings (SSSR count). The Balaban J connectivity index is 2.04. The van der Waals surface area contributed by atoms with E-state index in [1.54, 1.807) is 19.1 Å². The van der Waals surface area contributed by atoms with Crippen LogP contribution in [0.1, 0.15) is 22.8 Å². The molecule has 0 unspecified atom stereocenters. The molecule has 0 saturated heterocycles. The van der Waals surface area contributed by atoms with Gasteiger partial charge in [-0.3, -0.25) is 0 Å². The van der Waals surface area contributed by atoms with Gasteiger partial charge in [0.1, 0.15) is 0 Å². The van der Waals surface area contributed by atoms with Crippen LogP contribution in [-0.4, -0.2) is 12.6 Å². The van der Waals surface area contributed by atoms with Crippen molar-refractivity contribution in [2.45, 2.75) is 13.5 Å². The van der Waals surface area contributed by atoms with Crippen molar-refractivity contribution in [2.24, 2.45) is 0 Å². The van der Waals surface area contributed by atoms with Crippen molar-refractivity contribution >= 4 is 27.6 Å². The van der Waals surface area contributed by atoms with Crippen LogP contribution in [0.3, 0.4) is 0 Å². The van der Waals surface area contributed by atoms with Crippen molar-refractivity contribution in [2.75, 3.05) is 11.9 Å². The highest BCUT2D eigenvalue weighted by atomic mass is 79.9. The Morgan fingerprint density at radius 3 is 2.60 bits per heavy atom. The molecule has 0 atom stereocenters. The third kappa shape index (κ3) is 3.84. The Hall–Kier alpha value is -1.81. The van der Waals surface area contributed by atoms with Crippen LogP contribution in [0, 0.1) is 0 Å². The smallest absolute Gasteiger partial charge is 0.338 e. The fourth-order valence-electron chi connectivity index (χ4n) is 1.79. The van der Waals surface area contributed by atoms with Gasteiger partial charge in [-0.05, 0) is 46.6 Å². The zero-order valence-corrected chi connectivity index (χ0v) is 12.8. The normalized spacial score (nSPS) is 10.1. The van der Waals surface area contributed by atoms with E-state index < -0.39 is 0 Å². The van der Waals surface area contributed by atoms with Crippen molar-refractivity contribution in [3.63, 3.8) is 0 Å². The standard InChI is InChI=1S/C16H16BrNO2/c1-2-20-16(19)13-8-9-15(14(17)10-13)18-11-12-6-4-3-5-7-12/h3-10,18H,2,11H2,1H3. The summed E-state index contributed by atoms with van der Waals surface area (Å²) in [5.41, 5.74) is 2.69. The minimum absolute atomic E-state index is 0.303. The third-order valence-electron chi connectivity index (χ3n) is 2.81. The van der Waals surface area contributed by atoms with E-state index in [1.165, 1.54) is 5.56 Å². The quantitative estimate of drug-likeness (QED) is 0.832. The fourth-order valence-corrected chi connectivity index (χ4v) is 2.31. The predicted molar refractivity (Wildman–Crippen MR) is 83.9 cm³/mol. The maximum absolute atomic E-state index is 11.6. The number of hydrogen-bond donors (Lipinski definition) is 1. The number of anilines is 1. The van der Waals surface area contributed by atoms with Gasteiger partial charge in [0.2, 0.25) is 0 Å². The van der Waals surface area contributed by atoms with Gasteiger partial charge in [0.25, 0.3) is 0 Å². The van der Waals surface area contributed by atoms with Crippen molar-refractivity contribution in [3.05, 3.63) is 64.1 Å². The molecule has 0 aliphatic rings. The molecule has 4 heteroatoms. The zero-order chi connectivity index (χ0) is 14.4. The summed E-state index contributed by atoms with van der Waals surface area (Å²) in [6, 6.07) is 15.5. The summed E-state index contributed by atoms with van der Waals surface area (Å²) < 4.78 is 5.82. The molecule has 0 aromatic heterocycles. The molecule has 3 nitrogen and oxygen atoms in total. The number of halogens is 1. The molecule has 0 aliphatic heterocycles. The van der Waals surface area contributed by atoms with Crippen molar-refractivity contribution in [3.8, 4) is 0 Å². The number of ether oxygens (including phenoxy) is 1. The van der Waals surface area contributed by atoms with E-state index in [0.717, 1.165) is 16.7 Å². The summed E-state index contributed by atoms with van der Waals surface area (Å²) in [7, 11) is 0. The van der Waals surface area contributed by atoms with Gasteiger partial charge in [-0.1, -0.05) is 30.3 Å². The van der Waals surface area contributed by atoms with Gasteiger partial charge in [-0.15, -0.1) is 0 Å². The minimum atomic E-state index is -0.303. The maximum atomic E-state index is 11.6. The molecule has 0 bridgehead atoms. The molecule has 2 aromatic rings. The molecule has 0 saturated carbocycles. The molecule has 104 valence electrons. The first kappa shape index (κ1) is 14.6. The van der Waals surface area contributed by atoms with Gasteiger partial charge in [0.05, 0.1) is 12.2 Å². The summed E-state index contributed by atoms with van der Waals surface area (Å²) in [6.45, 7) is 2.91. The molecule has 20 heavy (non-hydrogen) atoms. The highest BCUT2D eigenvalue weighted by Crippen LogP contribution is 2.24. The Morgan fingerprint density at radius 1 is 1.20 bits per heavy atom. The third-order valence-corrected chi connectivity index (χ3v) is 3.46. The van der Waals surface area contributed by atoms with Crippen LogP contribution in [0.2, 0.25) is 0 Å². The van der Waals surface area contributed by atoms with E-state index >= 15 is 0 Å². The van der Waals surface area contributed by atoms with Gasteiger partial charge in [0, 0.05) is 16.7 Å². The predicted octanol–water partition coefficient (Wildman–Crippen LogP) is 4.24. The number of benzene rings is 2. The van der Waals surface area contributed by atoms with E-state index in [9.17, 15) is 4.79 Å². The lowest BCUT2D eigenvalue weighted by Crippen LogP contribution is -2.05. The first-order valence-corrected chi connectivity index (χ1v) is 7.24. The van der Waals surface area contributed by atoms with Crippen molar-refractivity contribution < 1.29 is 9.53 Å². The number of esters is 1. The molecule has 0 heterocycles. The average molecular weight is 334 g/mol. The van der Waals surface area contributed by atoms with Crippen LogP contribution in [0.4, 0.5) is 5.69 Å². The van der Waals surface area contributed by atoms with Crippen LogP contribution >= 0.6 is 15.9 Å². The summed E-state index contributed by atoms with van der Waals surface area (Å²) in [4.78, 5) is 11.6. The number of carbonyl (C=O) groups excluding carboxylic acids is 1. The lowest BCUT2D eigenvalue weighted by Gasteiger charge is -2.10. The van der Waals surface area contributed by atoms with Crippen LogP contribution < -0.4 is 5.32 Å². The number of carbonyl (C=O) groups is 1. The number of hydrogen-bond acceptors (Lipinski definition) is 3. The van der Waals surface area contributed by atoms with E-state index in [-0.39, 0.29) is 5.97 Å². The maximum Gasteiger partial charge on any atom is 0.338 e. The zero-order valence-electron chi connectivity index (χ0n) is 11.2. The van der Waals surface area contributed by atoms with Crippen LogP contribution in [0.5, 0.6) is 0 Å². The first-order valence-electron chi connectivity index (χ1n) is 6.45. The summed E-state index contributed by atoms with van der Waals surface area (Å²) in [6.07, 6.45) is 0. The summed E-state index contributed by atoms with van der Waals surface area (Å²) in [5, 5.41) is 3.33. The van der Waals surface area contributed by atoms with Crippen LogP contribution in [-0.2, 0) is 11.3 Å². The monoisotopic (exact) mass is 333 g/mol. The Bertz CT molecular complexity index is 584. The highest BCUT2D eigenvalue weighted by Gasteiger charge is 2.09. The molecular formula is C16H16BrNO2. The topological polar surface area (TPSA) is 38.3 Å². The van der Waals surface area contributed by atoms with Crippen LogP contribution in [0.15, 0.2) is 53.0 Å². The lowest BCUT2D eigenvalue weighted by molar-refractivity contribution is 0.0526. The van der Waals surface area contributed by atoms with E-state index in [4.69, 9.17) is 4.74 Å². The molecule has 0 spiro atoms. The number of nitrogens with one attached hydrogen (secondary N) is 1. The minimum Gasteiger partial charge on any atom is -0.462 e. The van der Waals surface area contributed by atoms with Gasteiger partial charge < -0.3 is 10.1 Å². The highest BCUT2D eigenvalue weighted by molar-refractivity contribution is 9.10. The molecular weight excluding hydrogens is 318 g/mol. The van der Waals surface area contributed by atoms with E-state index in [2.05, 4.69) is 33.4 Å². The first-order chi connectivity index (χ1) is 9.70. The van der Waals surface area contributed by atoms with Gasteiger partial charge in [-0.25, -0.2) is 4.79 Å². The fraction of sp³-hybridized carbons (Fsp3) is 0.188. The van der Waals surface area contributed by atoms with Gasteiger partial charge in [-0.2, -0.15) is 0 Å². The summed E-state index contributed by atoms with van der Waals surface area (Å²) >= 11 is 3.47. The summed E-state index contributed by atoms with van der Waals surface area (Å²) in [5.74, 6) is -0.303. The van der Waals surface area contributed by atoms with Crippen molar-refractivity contribution in [1.82, 2.24) is 0 Å². The second kappa shape index (κ2) is 7.10. The molecule has 0 aliphatic carbocycles. The second-order valence-corrected chi connectivity index (χ2v) is 5.11. The molecule has 0 fully saturated rings. The Kier molecular flexibility index (Phi) is 5.18. The SMILES string of the molecule is CCOC(=O)c1ccc(NCc2ccccc2)c(Br)c1. The van der Waals surface area contributed by atoms with E-state index in [0.29, 0.717) is 12.2 Å².